The summed E-state index contributed by atoms with van der Waals surface area (Å²) < 4.78 is 0.404. The first-order valence-electron chi connectivity index (χ1n) is 5.89. The van der Waals surface area contributed by atoms with E-state index in [1.165, 1.54) is 17.0 Å². The number of aliphatic carboxylic acids is 1. The van der Waals surface area contributed by atoms with Gasteiger partial charge in [-0.1, -0.05) is 15.9 Å². The first-order valence-corrected chi connectivity index (χ1v) is 6.68. The highest BCUT2D eigenvalue weighted by Crippen LogP contribution is 2.25. The third-order valence-electron chi connectivity index (χ3n) is 3.14. The van der Waals surface area contributed by atoms with Gasteiger partial charge in [0.15, 0.2) is 0 Å². The highest BCUT2D eigenvalue weighted by atomic mass is 79.9. The molecule has 0 unspecified atom stereocenters. The molecule has 1 N–H and O–H groups in total. The van der Waals surface area contributed by atoms with E-state index in [0.717, 1.165) is 6.07 Å². The predicted octanol–water partition coefficient (Wildman–Crippen LogP) is 2.05. The van der Waals surface area contributed by atoms with Gasteiger partial charge in [0, 0.05) is 28.7 Å². The van der Waals surface area contributed by atoms with Crippen LogP contribution < -0.4 is 0 Å². The van der Waals surface area contributed by atoms with E-state index in [1.54, 1.807) is 0 Å². The van der Waals surface area contributed by atoms with E-state index in [1.807, 2.05) is 0 Å². The van der Waals surface area contributed by atoms with E-state index in [2.05, 4.69) is 15.9 Å². The number of hydrogen-bond acceptors (Lipinski definition) is 4. The molecule has 20 heavy (non-hydrogen) atoms. The summed E-state index contributed by atoms with van der Waals surface area (Å²) in [5.41, 5.74) is -0.104. The van der Waals surface area contributed by atoms with Crippen molar-refractivity contribution in [2.24, 2.45) is 0 Å². The summed E-state index contributed by atoms with van der Waals surface area (Å²) in [5.74, 6) is -1.56. The molecule has 1 aliphatic heterocycles. The molecule has 1 aromatic carbocycles. The number of benzene rings is 1. The number of carbonyl (C=O) groups excluding carboxylic acids is 1. The number of nitro groups is 1. The molecule has 0 bridgehead atoms. The number of likely N-dealkylation sites (tertiary alicyclic amines) is 1. The zero-order valence-electron chi connectivity index (χ0n) is 10.3. The molecule has 106 valence electrons. The molecule has 1 heterocycles. The van der Waals surface area contributed by atoms with Gasteiger partial charge in [-0.3, -0.25) is 14.9 Å². The SMILES string of the molecule is O=C(O)[C@@H]1CCCN1C(=O)c1cc(Br)cc([N+](=O)[O-])c1. The topological polar surface area (TPSA) is 101 Å². The van der Waals surface area contributed by atoms with E-state index >= 15 is 0 Å². The maximum absolute atomic E-state index is 12.3. The van der Waals surface area contributed by atoms with Crippen molar-refractivity contribution in [2.45, 2.75) is 18.9 Å². The van der Waals surface area contributed by atoms with Crippen LogP contribution in [0.25, 0.3) is 0 Å². The third-order valence-corrected chi connectivity index (χ3v) is 3.60. The van der Waals surface area contributed by atoms with Crippen LogP contribution in [0.2, 0.25) is 0 Å². The average Bonchev–Trinajstić information content (AvgIpc) is 2.86. The van der Waals surface area contributed by atoms with Crippen LogP contribution in [-0.4, -0.2) is 39.4 Å². The van der Waals surface area contributed by atoms with Gasteiger partial charge in [0.05, 0.1) is 4.92 Å². The summed E-state index contributed by atoms with van der Waals surface area (Å²) in [6.45, 7) is 0.343. The van der Waals surface area contributed by atoms with Crippen LogP contribution in [0.1, 0.15) is 23.2 Å². The van der Waals surface area contributed by atoms with E-state index < -0.39 is 22.8 Å². The molecule has 1 atom stereocenters. The second-order valence-electron chi connectivity index (χ2n) is 4.45. The number of rotatable bonds is 3. The van der Waals surface area contributed by atoms with Crippen molar-refractivity contribution in [3.05, 3.63) is 38.3 Å². The molecule has 2 rings (SSSR count). The fourth-order valence-corrected chi connectivity index (χ4v) is 2.72. The van der Waals surface area contributed by atoms with Crippen molar-refractivity contribution >= 4 is 33.5 Å². The lowest BCUT2D eigenvalue weighted by Crippen LogP contribution is -2.40. The Morgan fingerprint density at radius 3 is 2.70 bits per heavy atom. The Bertz CT molecular complexity index is 589. The first kappa shape index (κ1) is 14.4. The number of non-ortho nitro benzene ring substituents is 1. The van der Waals surface area contributed by atoms with Crippen molar-refractivity contribution in [2.75, 3.05) is 6.54 Å². The normalized spacial score (nSPS) is 18.1. The number of amides is 1. The van der Waals surface area contributed by atoms with Crippen LogP contribution in [0.15, 0.2) is 22.7 Å². The maximum atomic E-state index is 12.3. The van der Waals surface area contributed by atoms with Crippen molar-refractivity contribution in [1.29, 1.82) is 0 Å². The highest BCUT2D eigenvalue weighted by molar-refractivity contribution is 9.10. The smallest absolute Gasteiger partial charge is 0.326 e. The van der Waals surface area contributed by atoms with Gasteiger partial charge in [0.25, 0.3) is 11.6 Å². The molecule has 0 radical (unpaired) electrons. The number of carboxylic acid groups (broad SMARTS) is 1. The van der Waals surface area contributed by atoms with Gasteiger partial charge in [0.1, 0.15) is 6.04 Å². The van der Waals surface area contributed by atoms with Crippen LogP contribution >= 0.6 is 15.9 Å². The molecule has 1 aliphatic rings. The maximum Gasteiger partial charge on any atom is 0.326 e. The molecule has 0 spiro atoms. The number of nitrogens with zero attached hydrogens (tertiary/aromatic N) is 2. The summed E-state index contributed by atoms with van der Waals surface area (Å²) in [5, 5.41) is 19.9. The zero-order valence-corrected chi connectivity index (χ0v) is 11.9. The zero-order chi connectivity index (χ0) is 14.9. The Morgan fingerprint density at radius 1 is 1.40 bits per heavy atom. The van der Waals surface area contributed by atoms with Gasteiger partial charge in [0.2, 0.25) is 0 Å². The third kappa shape index (κ3) is 2.79. The van der Waals surface area contributed by atoms with E-state index in [9.17, 15) is 19.7 Å². The number of carbonyl (C=O) groups is 2. The summed E-state index contributed by atoms with van der Waals surface area (Å²) in [4.78, 5) is 34.8. The molecule has 1 aromatic rings. The highest BCUT2D eigenvalue weighted by Gasteiger charge is 2.34. The number of halogens is 1. The number of carboxylic acids is 1. The fourth-order valence-electron chi connectivity index (χ4n) is 2.24. The lowest BCUT2D eigenvalue weighted by molar-refractivity contribution is -0.385. The summed E-state index contributed by atoms with van der Waals surface area (Å²) in [7, 11) is 0. The Morgan fingerprint density at radius 2 is 2.10 bits per heavy atom. The molecule has 1 saturated heterocycles. The van der Waals surface area contributed by atoms with Crippen LogP contribution in [0, 0.1) is 10.1 Å². The largest absolute Gasteiger partial charge is 0.480 e. The summed E-state index contributed by atoms with van der Waals surface area (Å²) >= 11 is 3.11. The van der Waals surface area contributed by atoms with E-state index in [-0.39, 0.29) is 11.3 Å². The monoisotopic (exact) mass is 342 g/mol. The summed E-state index contributed by atoms with van der Waals surface area (Å²) in [6.07, 6.45) is 1.01. The molecule has 0 aliphatic carbocycles. The number of nitro benzene ring substituents is 1. The molecule has 7 nitrogen and oxygen atoms in total. The molecular formula is C12H11BrN2O5. The molecule has 8 heteroatoms. The minimum absolute atomic E-state index is 0.110. The Hall–Kier alpha value is -1.96. The van der Waals surface area contributed by atoms with Gasteiger partial charge >= 0.3 is 5.97 Å². The minimum atomic E-state index is -1.06. The van der Waals surface area contributed by atoms with Crippen molar-refractivity contribution in [1.82, 2.24) is 4.90 Å². The molecule has 0 aromatic heterocycles. The Labute approximate surface area is 122 Å². The van der Waals surface area contributed by atoms with E-state index in [4.69, 9.17) is 5.11 Å². The van der Waals surface area contributed by atoms with Gasteiger partial charge in [-0.25, -0.2) is 4.79 Å². The average molecular weight is 343 g/mol. The second kappa shape index (κ2) is 5.58. The van der Waals surface area contributed by atoms with Crippen LogP contribution in [0.4, 0.5) is 5.69 Å². The van der Waals surface area contributed by atoms with Crippen molar-refractivity contribution in [3.63, 3.8) is 0 Å². The second-order valence-corrected chi connectivity index (χ2v) is 5.37. The van der Waals surface area contributed by atoms with Crippen LogP contribution in [0.5, 0.6) is 0 Å². The molecule has 1 amide bonds. The molecule has 1 fully saturated rings. The lowest BCUT2D eigenvalue weighted by Gasteiger charge is -2.21. The van der Waals surface area contributed by atoms with Gasteiger partial charge in [-0.15, -0.1) is 0 Å². The predicted molar refractivity (Wildman–Crippen MR) is 72.5 cm³/mol. The fraction of sp³-hybridized carbons (Fsp3) is 0.333. The van der Waals surface area contributed by atoms with Gasteiger partial charge in [-0.05, 0) is 18.9 Å². The van der Waals surface area contributed by atoms with Gasteiger partial charge in [-0.2, -0.15) is 0 Å². The lowest BCUT2D eigenvalue weighted by atomic mass is 10.1. The van der Waals surface area contributed by atoms with Gasteiger partial charge < -0.3 is 10.0 Å². The quantitative estimate of drug-likeness (QED) is 0.669. The molecular weight excluding hydrogens is 332 g/mol. The van der Waals surface area contributed by atoms with Crippen LogP contribution in [-0.2, 0) is 4.79 Å². The van der Waals surface area contributed by atoms with E-state index in [0.29, 0.717) is 23.9 Å². The first-order chi connectivity index (χ1) is 9.40. The summed E-state index contributed by atoms with van der Waals surface area (Å²) in [6, 6.07) is 3.03. The number of hydrogen-bond donors (Lipinski definition) is 1. The van der Waals surface area contributed by atoms with Crippen LogP contribution in [0.3, 0.4) is 0 Å². The Kier molecular flexibility index (Phi) is 4.03. The molecule has 0 saturated carbocycles. The van der Waals surface area contributed by atoms with Crippen molar-refractivity contribution in [3.8, 4) is 0 Å². The minimum Gasteiger partial charge on any atom is -0.480 e. The Balaban J connectivity index is 2.33. The van der Waals surface area contributed by atoms with Crippen molar-refractivity contribution < 1.29 is 19.6 Å². The standard InChI is InChI=1S/C12H11BrN2O5/c13-8-4-7(5-9(6-8)15(19)20)11(16)14-3-1-2-10(14)12(17)18/h4-6,10H,1-3H2,(H,17,18)/t10-/m0/s1.